The molecule has 1 unspecified atom stereocenters. The Kier molecular flexibility index (Phi) is 4.37. The molecule has 1 amide bonds. The lowest BCUT2D eigenvalue weighted by molar-refractivity contribution is -0.385. The van der Waals surface area contributed by atoms with Gasteiger partial charge in [-0.3, -0.25) is 14.9 Å². The molecule has 8 nitrogen and oxygen atoms in total. The molecule has 0 radical (unpaired) electrons. The summed E-state index contributed by atoms with van der Waals surface area (Å²) >= 11 is 0. The summed E-state index contributed by atoms with van der Waals surface area (Å²) < 4.78 is 5.97. The minimum atomic E-state index is -0.751. The van der Waals surface area contributed by atoms with Crippen molar-refractivity contribution >= 4 is 17.4 Å². The van der Waals surface area contributed by atoms with Crippen molar-refractivity contribution in [2.75, 3.05) is 24.6 Å². The van der Waals surface area contributed by atoms with Crippen LogP contribution in [0.4, 0.5) is 11.5 Å². The first kappa shape index (κ1) is 16.8. The van der Waals surface area contributed by atoms with Crippen molar-refractivity contribution in [2.24, 2.45) is 5.73 Å². The average Bonchev–Trinajstić information content (AvgIpc) is 2.62. The van der Waals surface area contributed by atoms with Crippen molar-refractivity contribution in [2.45, 2.75) is 12.5 Å². The molecule has 1 aliphatic heterocycles. The van der Waals surface area contributed by atoms with Crippen LogP contribution in [0.5, 0.6) is 0 Å². The summed E-state index contributed by atoms with van der Waals surface area (Å²) in [6.07, 6.45) is 1.14. The molecular formula is C17H18N4O4. The first-order valence-corrected chi connectivity index (χ1v) is 7.79. The molecule has 0 aliphatic carbocycles. The second-order valence-electron chi connectivity index (χ2n) is 6.05. The number of morpholine rings is 1. The molecule has 0 saturated carbocycles. The highest BCUT2D eigenvalue weighted by Crippen LogP contribution is 2.32. The number of nitrogens with zero attached hydrogens (tertiary/aromatic N) is 3. The smallest absolute Gasteiger partial charge is 0.288 e. The Hall–Kier alpha value is -3.00. The van der Waals surface area contributed by atoms with Crippen molar-refractivity contribution < 1.29 is 14.5 Å². The number of nitrogens with two attached hydrogens (primary N) is 1. The van der Waals surface area contributed by atoms with Gasteiger partial charge in [-0.25, -0.2) is 4.98 Å². The number of pyridine rings is 1. The van der Waals surface area contributed by atoms with E-state index in [-0.39, 0.29) is 11.3 Å². The van der Waals surface area contributed by atoms with Crippen molar-refractivity contribution in [3.63, 3.8) is 0 Å². The Labute approximate surface area is 144 Å². The highest BCUT2D eigenvalue weighted by atomic mass is 16.6. The minimum Gasteiger partial charge on any atom is -0.367 e. The number of carbonyl (C=O) groups is 1. The van der Waals surface area contributed by atoms with Crippen LogP contribution >= 0.6 is 0 Å². The molecule has 0 spiro atoms. The maximum absolute atomic E-state index is 11.8. The van der Waals surface area contributed by atoms with E-state index in [2.05, 4.69) is 4.98 Å². The van der Waals surface area contributed by atoms with Crippen LogP contribution in [0.15, 0.2) is 42.6 Å². The summed E-state index contributed by atoms with van der Waals surface area (Å²) in [6, 6.07) is 10.9. The molecule has 3 rings (SSSR count). The summed E-state index contributed by atoms with van der Waals surface area (Å²) in [5, 5.41) is 10.9. The van der Waals surface area contributed by atoms with Gasteiger partial charge < -0.3 is 15.4 Å². The van der Waals surface area contributed by atoms with Gasteiger partial charge in [-0.2, -0.15) is 0 Å². The van der Waals surface area contributed by atoms with E-state index in [1.807, 2.05) is 42.2 Å². The zero-order valence-electron chi connectivity index (χ0n) is 13.7. The third kappa shape index (κ3) is 3.29. The summed E-state index contributed by atoms with van der Waals surface area (Å²) in [7, 11) is 0. The fourth-order valence-electron chi connectivity index (χ4n) is 3.00. The van der Waals surface area contributed by atoms with Gasteiger partial charge in [0.2, 0.25) is 0 Å². The first-order chi connectivity index (χ1) is 11.9. The van der Waals surface area contributed by atoms with Gasteiger partial charge in [0.15, 0.2) is 0 Å². The van der Waals surface area contributed by atoms with E-state index < -0.39 is 16.4 Å². The Balaban J connectivity index is 1.96. The second-order valence-corrected chi connectivity index (χ2v) is 6.05. The van der Waals surface area contributed by atoms with Gasteiger partial charge in [-0.15, -0.1) is 0 Å². The molecule has 1 aromatic carbocycles. The van der Waals surface area contributed by atoms with Gasteiger partial charge in [-0.05, 0) is 12.5 Å². The van der Waals surface area contributed by atoms with Crippen LogP contribution in [0.1, 0.15) is 22.8 Å². The number of hydrogen-bond acceptors (Lipinski definition) is 6. The number of hydrogen-bond donors (Lipinski definition) is 1. The van der Waals surface area contributed by atoms with Crippen LogP contribution in [0.3, 0.4) is 0 Å². The van der Waals surface area contributed by atoms with Crippen molar-refractivity contribution in [1.82, 2.24) is 4.98 Å². The summed E-state index contributed by atoms with van der Waals surface area (Å²) in [4.78, 5) is 28.1. The van der Waals surface area contributed by atoms with E-state index in [4.69, 9.17) is 10.5 Å². The van der Waals surface area contributed by atoms with Crippen LogP contribution in [0.2, 0.25) is 0 Å². The van der Waals surface area contributed by atoms with Crippen LogP contribution in [0, 0.1) is 10.1 Å². The summed E-state index contributed by atoms with van der Waals surface area (Å²) in [5.41, 5.74) is 5.59. The quantitative estimate of drug-likeness (QED) is 0.670. The predicted molar refractivity (Wildman–Crippen MR) is 91.4 cm³/mol. The fourth-order valence-corrected chi connectivity index (χ4v) is 3.00. The van der Waals surface area contributed by atoms with Crippen molar-refractivity contribution in [3.05, 3.63) is 63.8 Å². The fraction of sp³-hybridized carbons (Fsp3) is 0.294. The molecule has 1 aromatic heterocycles. The van der Waals surface area contributed by atoms with Crippen LogP contribution in [-0.4, -0.2) is 35.5 Å². The maximum Gasteiger partial charge on any atom is 0.288 e. The number of nitro groups is 1. The van der Waals surface area contributed by atoms with Gasteiger partial charge in [0.1, 0.15) is 17.6 Å². The number of primary amides is 1. The standard InChI is InChI=1S/C17H18N4O4/c1-17(12-5-3-2-4-6-12)11-20(7-8-25-17)16-14(15(18)22)9-13(10-19-16)21(23)24/h2-6,9-10H,7-8,11H2,1H3,(H2,18,22). The van der Waals surface area contributed by atoms with E-state index in [1.165, 1.54) is 6.07 Å². The third-order valence-corrected chi connectivity index (χ3v) is 4.29. The molecule has 1 aliphatic rings. The molecule has 1 atom stereocenters. The van der Waals surface area contributed by atoms with Gasteiger partial charge in [0.25, 0.3) is 11.6 Å². The molecule has 8 heteroatoms. The summed E-state index contributed by atoms with van der Waals surface area (Å²) in [6.45, 7) is 3.35. The van der Waals surface area contributed by atoms with Gasteiger partial charge >= 0.3 is 0 Å². The Morgan fingerprint density at radius 3 is 2.76 bits per heavy atom. The first-order valence-electron chi connectivity index (χ1n) is 7.79. The van der Waals surface area contributed by atoms with Gasteiger partial charge in [0.05, 0.1) is 23.6 Å². The third-order valence-electron chi connectivity index (χ3n) is 4.29. The van der Waals surface area contributed by atoms with Crippen molar-refractivity contribution in [1.29, 1.82) is 0 Å². The lowest BCUT2D eigenvalue weighted by Crippen LogP contribution is -2.49. The molecule has 2 heterocycles. The van der Waals surface area contributed by atoms with Crippen LogP contribution in [0.25, 0.3) is 0 Å². The second kappa shape index (κ2) is 6.48. The van der Waals surface area contributed by atoms with E-state index in [0.29, 0.717) is 25.5 Å². The highest BCUT2D eigenvalue weighted by Gasteiger charge is 2.35. The number of carbonyl (C=O) groups excluding carboxylic acids is 1. The number of anilines is 1. The van der Waals surface area contributed by atoms with E-state index >= 15 is 0 Å². The van der Waals surface area contributed by atoms with E-state index in [0.717, 1.165) is 11.8 Å². The number of ether oxygens (including phenoxy) is 1. The van der Waals surface area contributed by atoms with Gasteiger partial charge in [-0.1, -0.05) is 30.3 Å². The zero-order valence-corrected chi connectivity index (χ0v) is 13.7. The number of rotatable bonds is 4. The predicted octanol–water partition coefficient (Wildman–Crippen LogP) is 1.84. The molecule has 2 N–H and O–H groups in total. The highest BCUT2D eigenvalue weighted by molar-refractivity contribution is 5.98. The average molecular weight is 342 g/mol. The van der Waals surface area contributed by atoms with Crippen LogP contribution in [-0.2, 0) is 10.3 Å². The van der Waals surface area contributed by atoms with Gasteiger partial charge in [0, 0.05) is 12.6 Å². The largest absolute Gasteiger partial charge is 0.367 e. The molecule has 130 valence electrons. The zero-order chi connectivity index (χ0) is 18.0. The number of benzene rings is 1. The van der Waals surface area contributed by atoms with E-state index in [9.17, 15) is 14.9 Å². The minimum absolute atomic E-state index is 0.0338. The normalized spacial score (nSPS) is 20.3. The Bertz CT molecular complexity index is 812. The van der Waals surface area contributed by atoms with Crippen molar-refractivity contribution in [3.8, 4) is 0 Å². The topological polar surface area (TPSA) is 112 Å². The number of amides is 1. The lowest BCUT2D eigenvalue weighted by Gasteiger charge is -2.41. The molecule has 2 aromatic rings. The molecule has 25 heavy (non-hydrogen) atoms. The summed E-state index contributed by atoms with van der Waals surface area (Å²) in [5.74, 6) is -0.414. The Morgan fingerprint density at radius 2 is 2.12 bits per heavy atom. The molecular weight excluding hydrogens is 324 g/mol. The molecule has 0 bridgehead atoms. The molecule has 1 fully saturated rings. The lowest BCUT2D eigenvalue weighted by atomic mass is 9.93. The molecule has 1 saturated heterocycles. The Morgan fingerprint density at radius 1 is 1.40 bits per heavy atom. The number of aromatic nitrogens is 1. The maximum atomic E-state index is 11.8. The van der Waals surface area contributed by atoms with E-state index in [1.54, 1.807) is 0 Å². The van der Waals surface area contributed by atoms with Crippen LogP contribution < -0.4 is 10.6 Å². The SMILES string of the molecule is CC1(c2ccccc2)CN(c2ncc([N+](=O)[O-])cc2C(N)=O)CCO1. The monoisotopic (exact) mass is 342 g/mol.